The first-order valence-corrected chi connectivity index (χ1v) is 37.5. The molecule has 0 radical (unpaired) electrons. The minimum absolute atomic E-state index is 0.289. The number of aliphatic hydroxyl groups is 4. The topological polar surface area (TPSA) is 622 Å². The first-order valence-electron chi connectivity index (χ1n) is 31.1. The second-order valence-corrected chi connectivity index (χ2v) is 32.2. The fraction of sp³-hybridized carbons (Fsp3) is 0.533. The van der Waals surface area contributed by atoms with E-state index in [-0.39, 0.29) is 51.9 Å². The zero-order valence-corrected chi connectivity index (χ0v) is 55.9. The fourth-order valence-electron chi connectivity index (χ4n) is 14.9. The summed E-state index contributed by atoms with van der Waals surface area (Å²) in [5, 5.41) is 189. The fourth-order valence-corrected chi connectivity index (χ4v) is 17.1. The van der Waals surface area contributed by atoms with E-state index in [0.717, 1.165) is 43.9 Å². The quantitative estimate of drug-likeness (QED) is 0.0388. The maximum atomic E-state index is 13.1. The van der Waals surface area contributed by atoms with Gasteiger partial charge in [-0.3, -0.25) is 57.0 Å². The number of aliphatic hydroxyl groups excluding tert-OH is 4. The Balaban J connectivity index is 1.55. The number of benzene rings is 4. The van der Waals surface area contributed by atoms with E-state index < -0.39 is 324 Å². The van der Waals surface area contributed by atoms with Crippen LogP contribution in [-0.2, 0) is 85.8 Å². The molecule has 0 saturated carbocycles. The van der Waals surface area contributed by atoms with Crippen molar-refractivity contribution in [3.05, 3.63) is 91.0 Å². The Kier molecular flexibility index (Phi) is 22.3. The van der Waals surface area contributed by atoms with Gasteiger partial charge in [0, 0.05) is 121 Å². The first-order chi connectivity index (χ1) is 46.4. The number of fused-ring (bicyclic) bond motifs is 8. The number of aromatic hydroxyl groups is 8. The van der Waals surface area contributed by atoms with Crippen molar-refractivity contribution >= 4 is 64.3 Å². The third-order valence-corrected chi connectivity index (χ3v) is 22.7. The molecule has 0 spiro atoms. The lowest BCUT2D eigenvalue weighted by atomic mass is 9.75. The molecule has 9 rings (SSSR count). The van der Waals surface area contributed by atoms with Crippen LogP contribution in [0.2, 0.25) is 0 Å². The van der Waals surface area contributed by atoms with Gasteiger partial charge in [0.2, 0.25) is 0 Å². The highest BCUT2D eigenvalue weighted by molar-refractivity contribution is 7.86. The van der Waals surface area contributed by atoms with Crippen LogP contribution in [0.5, 0.6) is 46.0 Å². The molecule has 4 aromatic rings. The zero-order valence-electron chi connectivity index (χ0n) is 52.6. The number of carbonyl (C=O) groups is 4. The van der Waals surface area contributed by atoms with Gasteiger partial charge < -0.3 is 81.7 Å². The molecule has 20 N–H and O–H groups in total. The van der Waals surface area contributed by atoms with Crippen LogP contribution in [0.4, 0.5) is 0 Å². The third kappa shape index (κ3) is 16.0. The largest absolute Gasteiger partial charge is 0.507 e. The molecule has 0 amide bonds. The number of nitrogens with zero attached hydrogens (tertiary/aromatic N) is 4. The Bertz CT molecular complexity index is 3720. The van der Waals surface area contributed by atoms with E-state index in [1.165, 1.54) is 0 Å². The van der Waals surface area contributed by atoms with Crippen molar-refractivity contribution in [2.45, 2.75) is 150 Å². The van der Waals surface area contributed by atoms with Gasteiger partial charge in [-0.2, -0.15) is 33.7 Å². The highest BCUT2D eigenvalue weighted by Gasteiger charge is 2.47. The van der Waals surface area contributed by atoms with E-state index in [1.807, 2.05) is 0 Å². The molecule has 4 fully saturated rings. The van der Waals surface area contributed by atoms with E-state index in [9.17, 15) is 153 Å². The third-order valence-electron chi connectivity index (χ3n) is 19.7. The maximum Gasteiger partial charge on any atom is 0.323 e. The molecular weight excluding hydrogens is 1420 g/mol. The van der Waals surface area contributed by atoms with E-state index in [2.05, 4.69) is 0 Å². The van der Waals surface area contributed by atoms with Crippen molar-refractivity contribution in [1.29, 1.82) is 0 Å². The SMILES string of the molecule is O=C(O)[C@H]1[C@H](O)CCN1Cc1c(O)c2cc(c1O)C(CCS(=O)(=O)O)c1cc(c(O)c(CN3CC[C@@H](O)[C@@H]3C(=O)O)c1O)C(CCS(=O)(=O)O)c1cc(c(O)c(CN3CC[C@@H](O)[C@@H]3C(=O)O)c1O)C(CCS(=O)(=O)O)c1cc(c(O)c(CN3CC[C@@H](O)[C@@H]3C(=O)O)c1O)C2CCS(=O)(=O)O. The van der Waals surface area contributed by atoms with Crippen molar-refractivity contribution in [2.24, 2.45) is 0 Å². The summed E-state index contributed by atoms with van der Waals surface area (Å²) in [6.45, 7) is -5.32. The van der Waals surface area contributed by atoms with Gasteiger partial charge in [0.1, 0.15) is 70.2 Å². The molecule has 8 atom stereocenters. The summed E-state index contributed by atoms with van der Waals surface area (Å²) < 4.78 is 147. The van der Waals surface area contributed by atoms with Crippen LogP contribution in [-0.4, -0.2) is 275 Å². The van der Waals surface area contributed by atoms with Gasteiger partial charge in [0.05, 0.1) is 69.7 Å². The summed E-state index contributed by atoms with van der Waals surface area (Å²) in [5.41, 5.74) is -9.29. The van der Waals surface area contributed by atoms with Crippen LogP contribution < -0.4 is 0 Å². The highest BCUT2D eigenvalue weighted by atomic mass is 32.2. The maximum absolute atomic E-state index is 13.1. The Morgan fingerprint density at radius 2 is 0.460 bits per heavy atom. The molecular formula is C60H76N4O32S4. The molecule has 5 aliphatic rings. The average molecular weight is 1490 g/mol. The number of hydrogen-bond donors (Lipinski definition) is 20. The molecule has 36 nitrogen and oxygen atoms in total. The predicted molar refractivity (Wildman–Crippen MR) is 340 cm³/mol. The zero-order chi connectivity index (χ0) is 74.1. The number of aliphatic carboxylic acids is 4. The molecule has 1 aliphatic carbocycles. The van der Waals surface area contributed by atoms with Crippen molar-refractivity contribution in [3.63, 3.8) is 0 Å². The smallest absolute Gasteiger partial charge is 0.323 e. The van der Waals surface area contributed by atoms with Gasteiger partial charge in [-0.15, -0.1) is 0 Å². The Morgan fingerprint density at radius 3 is 0.590 bits per heavy atom. The lowest BCUT2D eigenvalue weighted by Crippen LogP contribution is -2.41. The van der Waals surface area contributed by atoms with Crippen molar-refractivity contribution in [1.82, 2.24) is 19.6 Å². The van der Waals surface area contributed by atoms with Gasteiger partial charge in [0.25, 0.3) is 40.5 Å². The number of phenolic OH excluding ortho intramolecular Hbond substituents is 8. The Morgan fingerprint density at radius 1 is 0.310 bits per heavy atom. The van der Waals surface area contributed by atoms with Crippen LogP contribution in [0.25, 0.3) is 0 Å². The molecule has 100 heavy (non-hydrogen) atoms. The van der Waals surface area contributed by atoms with Gasteiger partial charge in [0.15, 0.2) is 0 Å². The van der Waals surface area contributed by atoms with Gasteiger partial charge in [-0.25, -0.2) is 0 Å². The van der Waals surface area contributed by atoms with Crippen molar-refractivity contribution < 1.29 is 153 Å². The Hall–Kier alpha value is -7.52. The summed E-state index contributed by atoms with van der Waals surface area (Å²) in [4.78, 5) is 55.5. The van der Waals surface area contributed by atoms with E-state index in [4.69, 9.17) is 0 Å². The Labute approximate surface area is 570 Å². The number of carboxylic acid groups (broad SMARTS) is 4. The molecule has 4 aliphatic heterocycles. The molecule has 40 heteroatoms. The lowest BCUT2D eigenvalue weighted by molar-refractivity contribution is -0.146. The van der Waals surface area contributed by atoms with Crippen molar-refractivity contribution in [3.8, 4) is 46.0 Å². The summed E-state index contributed by atoms with van der Waals surface area (Å²) in [7, 11) is -21.2. The van der Waals surface area contributed by atoms with E-state index >= 15 is 0 Å². The summed E-state index contributed by atoms with van der Waals surface area (Å²) in [6.07, 6.45) is -12.2. The standard InChI is InChI=1S/C60H76N4O32S4/c65-41-1-9-61(45(41)57(77)78)21-37-49(69)29-17-30(50(37)70)26(6-14-98(88,89)90)32-19-34(54(74)39(52(32)72)23-63-11-3-43(67)47(63)59(81)82)28(8-16-100(94,95)96)36-20-35(55(75)40(56(36)76)24-64-12-4-44(68)48(64)60(83)84)27(7-15-99(91,92)93)33-18-31(25(29)5-13-97(85,86)87)51(71)38(53(33)73)22-62-10-2-42(66)46(62)58(79)80/h17-20,25-28,41-48,65-76H,1-16,21-24H2,(H,77,78)(H,79,80)(H,81,82)(H,83,84)(H,85,86,87)(H,88,89,90)(H,91,92,93)(H,94,95,96)/t25?,26?,27?,28?,41-,42-,43-,44-,45-,46-,47-,48-/m1/s1. The number of carboxylic acids is 4. The van der Waals surface area contributed by atoms with Crippen LogP contribution in [0, 0.1) is 0 Å². The van der Waals surface area contributed by atoms with Crippen LogP contribution >= 0.6 is 0 Å². The number of rotatable bonds is 24. The minimum atomic E-state index is -5.30. The molecule has 8 bridgehead atoms. The van der Waals surface area contributed by atoms with Crippen molar-refractivity contribution in [2.75, 3.05) is 49.2 Å². The predicted octanol–water partition coefficient (Wildman–Crippen LogP) is -0.637. The normalized spacial score (nSPS) is 25.8. The number of phenols is 8. The highest BCUT2D eigenvalue weighted by Crippen LogP contribution is 2.57. The van der Waals surface area contributed by atoms with E-state index in [0.29, 0.717) is 0 Å². The average Bonchev–Trinajstić information content (AvgIpc) is 0.833. The second kappa shape index (κ2) is 29.1. The minimum Gasteiger partial charge on any atom is -0.507 e. The molecule has 552 valence electrons. The summed E-state index contributed by atoms with van der Waals surface area (Å²) in [5.74, 6) is -30.4. The van der Waals surface area contributed by atoms with Gasteiger partial charge in [-0.05, 0) is 75.6 Å². The summed E-state index contributed by atoms with van der Waals surface area (Å²) in [6, 6.07) is -4.27. The molecule has 4 heterocycles. The van der Waals surface area contributed by atoms with Gasteiger partial charge >= 0.3 is 23.9 Å². The van der Waals surface area contributed by atoms with Crippen LogP contribution in [0.1, 0.15) is 142 Å². The van der Waals surface area contributed by atoms with Crippen LogP contribution in [0.3, 0.4) is 0 Å². The lowest BCUT2D eigenvalue weighted by Gasteiger charge is -2.33. The number of likely N-dealkylation sites (tertiary alicyclic amines) is 4. The van der Waals surface area contributed by atoms with E-state index in [1.54, 1.807) is 0 Å². The molecule has 4 saturated heterocycles. The molecule has 0 aromatic heterocycles. The number of hydrogen-bond acceptors (Lipinski definition) is 28. The molecule has 4 aromatic carbocycles. The summed E-state index contributed by atoms with van der Waals surface area (Å²) >= 11 is 0. The van der Waals surface area contributed by atoms with Gasteiger partial charge in [-0.1, -0.05) is 0 Å². The first kappa shape index (κ1) is 76.7. The second-order valence-electron chi connectivity index (χ2n) is 25.9. The van der Waals surface area contributed by atoms with Crippen LogP contribution in [0.15, 0.2) is 24.3 Å². The monoisotopic (exact) mass is 1490 g/mol. The molecule has 0 unspecified atom stereocenters.